The van der Waals surface area contributed by atoms with Gasteiger partial charge in [-0.05, 0) is 17.7 Å². The number of ether oxygens (including phenoxy) is 1. The Morgan fingerprint density at radius 1 is 1.53 bits per heavy atom. The van der Waals surface area contributed by atoms with Crippen LogP contribution in [0, 0.1) is 12.4 Å². The highest BCUT2D eigenvalue weighted by Gasteiger charge is 2.24. The number of halogens is 1. The van der Waals surface area contributed by atoms with Gasteiger partial charge in [-0.2, -0.15) is 0 Å². The van der Waals surface area contributed by atoms with E-state index in [4.69, 9.17) is 6.57 Å². The summed E-state index contributed by atoms with van der Waals surface area (Å²) < 4.78 is 17.1. The van der Waals surface area contributed by atoms with Crippen LogP contribution in [0.5, 0.6) is 0 Å². The van der Waals surface area contributed by atoms with Gasteiger partial charge in [-0.15, -0.1) is 0 Å². The van der Waals surface area contributed by atoms with Crippen molar-refractivity contribution in [3.05, 3.63) is 47.1 Å². The molecule has 0 radical (unpaired) electrons. The monoisotopic (exact) mass is 207 g/mol. The number of methoxy groups -OCH3 is 1. The Labute approximate surface area is 87.3 Å². The maximum atomic E-state index is 12.6. The minimum Gasteiger partial charge on any atom is -0.463 e. The van der Waals surface area contributed by atoms with Crippen molar-refractivity contribution in [1.29, 1.82) is 0 Å². The van der Waals surface area contributed by atoms with Crippen molar-refractivity contribution in [3.63, 3.8) is 0 Å². The number of hydrogen-bond donors (Lipinski definition) is 0. The molecule has 15 heavy (non-hydrogen) atoms. The van der Waals surface area contributed by atoms with Gasteiger partial charge in [0.25, 0.3) is 0 Å². The Balaban J connectivity index is 2.72. The van der Waals surface area contributed by atoms with Crippen molar-refractivity contribution in [2.75, 3.05) is 7.11 Å². The highest BCUT2D eigenvalue weighted by Crippen LogP contribution is 2.08. The summed E-state index contributed by atoms with van der Waals surface area (Å²) in [6.45, 7) is 6.84. The van der Waals surface area contributed by atoms with Gasteiger partial charge in [0.2, 0.25) is 0 Å². The molecule has 1 aromatic rings. The first kappa shape index (κ1) is 11.2. The van der Waals surface area contributed by atoms with Crippen LogP contribution in [0.4, 0.5) is 4.39 Å². The van der Waals surface area contributed by atoms with Gasteiger partial charge in [-0.1, -0.05) is 12.1 Å². The molecular formula is C11H10FNO2. The summed E-state index contributed by atoms with van der Waals surface area (Å²) in [5.74, 6) is -0.898. The molecule has 0 aromatic heterocycles. The number of benzene rings is 1. The number of carbonyl (C=O) groups excluding carboxylic acids is 1. The van der Waals surface area contributed by atoms with E-state index < -0.39 is 12.0 Å². The fourth-order valence-electron chi connectivity index (χ4n) is 1.16. The van der Waals surface area contributed by atoms with Crippen molar-refractivity contribution in [1.82, 2.24) is 0 Å². The standard InChI is InChI=1S/C11H10FNO2/c1-13-10(11(14)15-2)7-8-3-5-9(12)6-4-8/h3-6,10H,7H2,2H3/t10-/m0/s1. The molecule has 78 valence electrons. The Bertz CT molecular complexity index is 381. The molecule has 0 amide bonds. The zero-order valence-electron chi connectivity index (χ0n) is 8.24. The average Bonchev–Trinajstić information content (AvgIpc) is 2.27. The van der Waals surface area contributed by atoms with Crippen molar-refractivity contribution in [2.45, 2.75) is 12.5 Å². The van der Waals surface area contributed by atoms with E-state index in [1.54, 1.807) is 12.1 Å². The van der Waals surface area contributed by atoms with Crippen molar-refractivity contribution in [2.24, 2.45) is 0 Å². The van der Waals surface area contributed by atoms with E-state index in [-0.39, 0.29) is 12.2 Å². The third kappa shape index (κ3) is 3.06. The van der Waals surface area contributed by atoms with Crippen LogP contribution >= 0.6 is 0 Å². The van der Waals surface area contributed by atoms with E-state index in [2.05, 4.69) is 9.58 Å². The Morgan fingerprint density at radius 3 is 2.60 bits per heavy atom. The van der Waals surface area contributed by atoms with E-state index in [0.29, 0.717) is 0 Å². The molecule has 0 bridgehead atoms. The topological polar surface area (TPSA) is 30.7 Å². The normalized spacial score (nSPS) is 11.5. The number of carbonyl (C=O) groups is 1. The van der Waals surface area contributed by atoms with Gasteiger partial charge in [0.1, 0.15) is 5.82 Å². The highest BCUT2D eigenvalue weighted by molar-refractivity contribution is 5.77. The van der Waals surface area contributed by atoms with Crippen LogP contribution in [0.15, 0.2) is 24.3 Å². The van der Waals surface area contributed by atoms with Crippen LogP contribution in [-0.2, 0) is 16.0 Å². The summed E-state index contributed by atoms with van der Waals surface area (Å²) in [6, 6.07) is 4.86. The van der Waals surface area contributed by atoms with Gasteiger partial charge in [-0.25, -0.2) is 15.8 Å². The molecule has 1 aromatic carbocycles. The van der Waals surface area contributed by atoms with Crippen LogP contribution in [-0.4, -0.2) is 19.1 Å². The van der Waals surface area contributed by atoms with E-state index in [9.17, 15) is 9.18 Å². The molecule has 0 unspecified atom stereocenters. The second kappa shape index (κ2) is 5.11. The quantitative estimate of drug-likeness (QED) is 0.559. The molecule has 0 fully saturated rings. The van der Waals surface area contributed by atoms with Gasteiger partial charge in [0.15, 0.2) is 0 Å². The molecule has 0 aliphatic rings. The van der Waals surface area contributed by atoms with Crippen LogP contribution in [0.1, 0.15) is 5.56 Å². The van der Waals surface area contributed by atoms with Crippen LogP contribution in [0.3, 0.4) is 0 Å². The first-order valence-electron chi connectivity index (χ1n) is 4.36. The molecule has 1 rings (SSSR count). The predicted octanol–water partition coefficient (Wildman–Crippen LogP) is 1.83. The smallest absolute Gasteiger partial charge is 0.390 e. The van der Waals surface area contributed by atoms with E-state index in [1.165, 1.54) is 19.2 Å². The summed E-state index contributed by atoms with van der Waals surface area (Å²) in [4.78, 5) is 14.3. The van der Waals surface area contributed by atoms with Gasteiger partial charge in [0.05, 0.1) is 13.5 Å². The lowest BCUT2D eigenvalue weighted by atomic mass is 10.1. The second-order valence-corrected chi connectivity index (χ2v) is 3.00. The molecule has 0 saturated heterocycles. The minimum atomic E-state index is -0.847. The number of hydrogen-bond acceptors (Lipinski definition) is 2. The molecule has 0 heterocycles. The molecule has 4 heteroatoms. The fraction of sp³-hybridized carbons (Fsp3) is 0.273. The SMILES string of the molecule is [C-]#[N+][C@@H](Cc1ccc(F)cc1)C(=O)OC. The summed E-state index contributed by atoms with van der Waals surface area (Å²) in [5.41, 5.74) is 0.739. The lowest BCUT2D eigenvalue weighted by Crippen LogP contribution is -2.20. The van der Waals surface area contributed by atoms with Crippen molar-refractivity contribution >= 4 is 5.97 Å². The number of nitrogens with zero attached hydrogens (tertiary/aromatic N) is 1. The third-order valence-corrected chi connectivity index (χ3v) is 1.97. The molecule has 0 N–H and O–H groups in total. The molecule has 0 spiro atoms. The average molecular weight is 207 g/mol. The van der Waals surface area contributed by atoms with Gasteiger partial charge in [0, 0.05) is 0 Å². The molecule has 0 aliphatic heterocycles. The maximum Gasteiger partial charge on any atom is 0.390 e. The third-order valence-electron chi connectivity index (χ3n) is 1.97. The van der Waals surface area contributed by atoms with Crippen LogP contribution in [0.25, 0.3) is 4.85 Å². The zero-order chi connectivity index (χ0) is 11.3. The first-order chi connectivity index (χ1) is 7.17. The van der Waals surface area contributed by atoms with Crippen LogP contribution in [0.2, 0.25) is 0 Å². The molecule has 0 aliphatic carbocycles. The van der Waals surface area contributed by atoms with E-state index >= 15 is 0 Å². The maximum absolute atomic E-state index is 12.6. The summed E-state index contributed by atoms with van der Waals surface area (Å²) in [5, 5.41) is 0. The molecule has 3 nitrogen and oxygen atoms in total. The summed E-state index contributed by atoms with van der Waals surface area (Å²) >= 11 is 0. The lowest BCUT2D eigenvalue weighted by molar-refractivity contribution is -0.141. The Hall–Kier alpha value is -1.89. The second-order valence-electron chi connectivity index (χ2n) is 3.00. The van der Waals surface area contributed by atoms with Crippen molar-refractivity contribution < 1.29 is 13.9 Å². The minimum absolute atomic E-state index is 0.246. The van der Waals surface area contributed by atoms with E-state index in [0.717, 1.165) is 5.56 Å². The molecule has 1 atom stereocenters. The Morgan fingerprint density at radius 2 is 2.13 bits per heavy atom. The predicted molar refractivity (Wildman–Crippen MR) is 52.5 cm³/mol. The van der Waals surface area contributed by atoms with Crippen LogP contribution < -0.4 is 0 Å². The molecule has 0 saturated carbocycles. The first-order valence-corrected chi connectivity index (χ1v) is 4.36. The van der Waals surface area contributed by atoms with Gasteiger partial charge < -0.3 is 9.58 Å². The van der Waals surface area contributed by atoms with Crippen molar-refractivity contribution in [3.8, 4) is 0 Å². The largest absolute Gasteiger partial charge is 0.463 e. The van der Waals surface area contributed by atoms with Gasteiger partial charge >= 0.3 is 12.0 Å². The molecular weight excluding hydrogens is 197 g/mol. The van der Waals surface area contributed by atoms with Gasteiger partial charge in [-0.3, -0.25) is 0 Å². The fourth-order valence-corrected chi connectivity index (χ4v) is 1.16. The Kier molecular flexibility index (Phi) is 3.81. The lowest BCUT2D eigenvalue weighted by Gasteiger charge is -2.03. The summed E-state index contributed by atoms with van der Waals surface area (Å²) in [7, 11) is 1.24. The highest BCUT2D eigenvalue weighted by atomic mass is 19.1. The van der Waals surface area contributed by atoms with E-state index in [1.807, 2.05) is 0 Å². The summed E-state index contributed by atoms with van der Waals surface area (Å²) in [6.07, 6.45) is 0.246. The number of rotatable bonds is 3. The number of esters is 1. The zero-order valence-corrected chi connectivity index (χ0v) is 8.24.